The molecule has 1 aliphatic carbocycles. The maximum atomic E-state index is 11.0. The van der Waals surface area contributed by atoms with Crippen LogP contribution in [0.3, 0.4) is 0 Å². The lowest BCUT2D eigenvalue weighted by atomic mass is 9.93. The number of carbonyl (C=O) groups is 1. The average molecular weight is 230 g/mol. The Morgan fingerprint density at radius 2 is 2.40 bits per heavy atom. The van der Waals surface area contributed by atoms with Gasteiger partial charge in [0.1, 0.15) is 5.88 Å². The fourth-order valence-electron chi connectivity index (χ4n) is 1.47. The van der Waals surface area contributed by atoms with Gasteiger partial charge in [-0.25, -0.2) is 4.68 Å². The summed E-state index contributed by atoms with van der Waals surface area (Å²) >= 11 is 5.36. The van der Waals surface area contributed by atoms with Crippen molar-refractivity contribution in [3.05, 3.63) is 5.82 Å². The number of nitrogens with one attached hydrogen (secondary N) is 1. The quantitative estimate of drug-likeness (QED) is 0.752. The van der Waals surface area contributed by atoms with Gasteiger partial charge in [-0.1, -0.05) is 0 Å². The summed E-state index contributed by atoms with van der Waals surface area (Å²) in [6.07, 6.45) is 3.45. The van der Waals surface area contributed by atoms with Crippen molar-refractivity contribution in [2.75, 3.05) is 5.88 Å². The second kappa shape index (κ2) is 4.57. The number of carbonyl (C=O) groups excluding carboxylic acids is 1. The van der Waals surface area contributed by atoms with E-state index in [1.165, 1.54) is 6.42 Å². The van der Waals surface area contributed by atoms with Crippen LogP contribution in [0, 0.1) is 0 Å². The summed E-state index contributed by atoms with van der Waals surface area (Å²) in [6.45, 7) is 0.342. The second-order valence-corrected chi connectivity index (χ2v) is 3.80. The zero-order valence-electron chi connectivity index (χ0n) is 8.19. The Bertz CT molecular complexity index is 349. The van der Waals surface area contributed by atoms with Crippen LogP contribution in [0.5, 0.6) is 0 Å². The van der Waals surface area contributed by atoms with Crippen LogP contribution in [0.2, 0.25) is 0 Å². The summed E-state index contributed by atoms with van der Waals surface area (Å²) in [4.78, 5) is 11.0. The van der Waals surface area contributed by atoms with E-state index < -0.39 is 0 Å². The van der Waals surface area contributed by atoms with E-state index in [-0.39, 0.29) is 11.8 Å². The lowest BCUT2D eigenvalue weighted by Gasteiger charge is -2.25. The Balaban J connectivity index is 1.95. The minimum absolute atomic E-state index is 0.0367. The van der Waals surface area contributed by atoms with Gasteiger partial charge in [-0.05, 0) is 29.7 Å². The van der Waals surface area contributed by atoms with Gasteiger partial charge in [-0.15, -0.1) is 16.7 Å². The van der Waals surface area contributed by atoms with Gasteiger partial charge < -0.3 is 5.32 Å². The summed E-state index contributed by atoms with van der Waals surface area (Å²) in [5.41, 5.74) is 0. The Labute approximate surface area is 92.0 Å². The van der Waals surface area contributed by atoms with Crippen molar-refractivity contribution >= 4 is 17.5 Å². The predicted octanol–water partition coefficient (Wildman–Crippen LogP) is 0.253. The van der Waals surface area contributed by atoms with Crippen molar-refractivity contribution in [2.24, 2.45) is 0 Å². The number of hydrogen-bond acceptors (Lipinski definition) is 4. The van der Waals surface area contributed by atoms with Gasteiger partial charge >= 0.3 is 0 Å². The van der Waals surface area contributed by atoms with Crippen molar-refractivity contribution in [3.63, 3.8) is 0 Å². The van der Waals surface area contributed by atoms with Gasteiger partial charge in [0.2, 0.25) is 5.91 Å². The Morgan fingerprint density at radius 3 is 3.00 bits per heavy atom. The summed E-state index contributed by atoms with van der Waals surface area (Å²) < 4.78 is 1.79. The van der Waals surface area contributed by atoms with Crippen LogP contribution in [0.25, 0.3) is 0 Å². The number of rotatable bonds is 4. The van der Waals surface area contributed by atoms with E-state index in [2.05, 4.69) is 20.8 Å². The van der Waals surface area contributed by atoms with Crippen molar-refractivity contribution < 1.29 is 4.79 Å². The minimum atomic E-state index is -0.208. The van der Waals surface area contributed by atoms with Gasteiger partial charge in [0.05, 0.1) is 12.6 Å². The lowest BCUT2D eigenvalue weighted by molar-refractivity contribution is -0.118. The van der Waals surface area contributed by atoms with Crippen LogP contribution in [-0.2, 0) is 11.3 Å². The number of alkyl halides is 1. The molecule has 0 unspecified atom stereocenters. The van der Waals surface area contributed by atoms with E-state index in [0.717, 1.165) is 12.8 Å². The smallest absolute Gasteiger partial charge is 0.235 e. The molecule has 0 radical (unpaired) electrons. The van der Waals surface area contributed by atoms with E-state index in [4.69, 9.17) is 11.6 Å². The SMILES string of the molecule is O=C(CCl)NCc1nnnn1C1CCC1. The highest BCUT2D eigenvalue weighted by atomic mass is 35.5. The van der Waals surface area contributed by atoms with E-state index in [0.29, 0.717) is 18.4 Å². The van der Waals surface area contributed by atoms with Gasteiger partial charge in [0.15, 0.2) is 5.82 Å². The average Bonchev–Trinajstić information content (AvgIpc) is 2.60. The number of halogens is 1. The van der Waals surface area contributed by atoms with Crippen LogP contribution < -0.4 is 5.32 Å². The molecule has 0 atom stereocenters. The summed E-state index contributed by atoms with van der Waals surface area (Å²) in [5, 5.41) is 14.0. The molecule has 1 aliphatic rings. The van der Waals surface area contributed by atoms with Gasteiger partial charge in [0, 0.05) is 0 Å². The topological polar surface area (TPSA) is 72.7 Å². The predicted molar refractivity (Wildman–Crippen MR) is 53.3 cm³/mol. The second-order valence-electron chi connectivity index (χ2n) is 3.53. The molecule has 1 aromatic heterocycles. The molecule has 82 valence electrons. The lowest BCUT2D eigenvalue weighted by Crippen LogP contribution is -2.28. The first-order valence-electron chi connectivity index (χ1n) is 4.90. The number of aromatic nitrogens is 4. The van der Waals surface area contributed by atoms with Crippen LogP contribution in [0.15, 0.2) is 0 Å². The summed E-state index contributed by atoms with van der Waals surface area (Å²) in [6, 6.07) is 0.405. The fraction of sp³-hybridized carbons (Fsp3) is 0.750. The standard InChI is InChI=1S/C8H12ClN5O/c9-4-8(15)10-5-7-11-12-13-14(7)6-2-1-3-6/h6H,1-5H2,(H,10,15). The van der Waals surface area contributed by atoms with Crippen LogP contribution in [0.1, 0.15) is 31.1 Å². The first-order valence-corrected chi connectivity index (χ1v) is 5.44. The number of hydrogen-bond donors (Lipinski definition) is 1. The fourth-order valence-corrected chi connectivity index (χ4v) is 1.56. The van der Waals surface area contributed by atoms with E-state index in [9.17, 15) is 4.79 Å². The van der Waals surface area contributed by atoms with Crippen molar-refractivity contribution in [2.45, 2.75) is 31.8 Å². The Hall–Kier alpha value is -1.17. The van der Waals surface area contributed by atoms with Crippen LogP contribution >= 0.6 is 11.6 Å². The molecule has 0 aliphatic heterocycles. The van der Waals surface area contributed by atoms with Crippen molar-refractivity contribution in [3.8, 4) is 0 Å². The minimum Gasteiger partial charge on any atom is -0.348 e. The molecule has 0 bridgehead atoms. The molecule has 0 aromatic carbocycles. The molecule has 15 heavy (non-hydrogen) atoms. The van der Waals surface area contributed by atoms with Crippen LogP contribution in [-0.4, -0.2) is 32.0 Å². The maximum absolute atomic E-state index is 11.0. The Kier molecular flexibility index (Phi) is 3.15. The normalized spacial score (nSPS) is 16.1. The molecule has 6 nitrogen and oxygen atoms in total. The summed E-state index contributed by atoms with van der Waals surface area (Å²) in [5.74, 6) is 0.448. The largest absolute Gasteiger partial charge is 0.348 e. The Morgan fingerprint density at radius 1 is 1.60 bits per heavy atom. The van der Waals surface area contributed by atoms with E-state index in [1.54, 1.807) is 4.68 Å². The molecular weight excluding hydrogens is 218 g/mol. The third kappa shape index (κ3) is 2.26. The molecule has 7 heteroatoms. The molecule has 1 aromatic rings. The van der Waals surface area contributed by atoms with E-state index >= 15 is 0 Å². The van der Waals surface area contributed by atoms with Crippen molar-refractivity contribution in [1.29, 1.82) is 0 Å². The molecule has 1 amide bonds. The third-order valence-electron chi connectivity index (χ3n) is 2.55. The van der Waals surface area contributed by atoms with Gasteiger partial charge in [-0.3, -0.25) is 4.79 Å². The molecule has 1 heterocycles. The first kappa shape index (κ1) is 10.4. The first-order chi connectivity index (χ1) is 7.31. The third-order valence-corrected chi connectivity index (χ3v) is 2.79. The van der Waals surface area contributed by atoms with Gasteiger partial charge in [0.25, 0.3) is 0 Å². The van der Waals surface area contributed by atoms with Crippen molar-refractivity contribution in [1.82, 2.24) is 25.5 Å². The zero-order valence-corrected chi connectivity index (χ0v) is 8.94. The highest BCUT2D eigenvalue weighted by Crippen LogP contribution is 2.30. The monoisotopic (exact) mass is 229 g/mol. The highest BCUT2D eigenvalue weighted by Gasteiger charge is 2.23. The number of nitrogens with zero attached hydrogens (tertiary/aromatic N) is 4. The number of tetrazole rings is 1. The zero-order chi connectivity index (χ0) is 10.7. The molecule has 0 saturated heterocycles. The van der Waals surface area contributed by atoms with Gasteiger partial charge in [-0.2, -0.15) is 0 Å². The molecular formula is C8H12ClN5O. The summed E-state index contributed by atoms with van der Waals surface area (Å²) in [7, 11) is 0. The molecule has 0 spiro atoms. The highest BCUT2D eigenvalue weighted by molar-refractivity contribution is 6.27. The maximum Gasteiger partial charge on any atom is 0.235 e. The van der Waals surface area contributed by atoms with E-state index in [1.807, 2.05) is 0 Å². The molecule has 1 fully saturated rings. The molecule has 1 N–H and O–H groups in total. The molecule has 2 rings (SSSR count). The molecule has 1 saturated carbocycles. The number of amides is 1. The van der Waals surface area contributed by atoms with Crippen LogP contribution in [0.4, 0.5) is 0 Å².